The molecule has 0 amide bonds. The molecule has 3 aliphatic rings. The van der Waals surface area contributed by atoms with Crippen molar-refractivity contribution in [1.82, 2.24) is 14.8 Å². The Kier molecular flexibility index (Phi) is 2.68. The second-order valence-corrected chi connectivity index (χ2v) is 5.56. The van der Waals surface area contributed by atoms with E-state index in [9.17, 15) is 0 Å². The predicted octanol–water partition coefficient (Wildman–Crippen LogP) is 1.55. The second kappa shape index (κ2) is 4.01. The van der Waals surface area contributed by atoms with Crippen LogP contribution in [0.4, 0.5) is 0 Å². The van der Waals surface area contributed by atoms with Crippen LogP contribution in [0.1, 0.15) is 15.9 Å². The van der Waals surface area contributed by atoms with Gasteiger partial charge in [-0.3, -0.25) is 9.80 Å². The molecule has 4 heterocycles. The highest BCUT2D eigenvalue weighted by Crippen LogP contribution is 2.31. The molecule has 3 aliphatic heterocycles. The Morgan fingerprint density at radius 1 is 1.40 bits per heavy atom. The van der Waals surface area contributed by atoms with Crippen molar-refractivity contribution in [2.45, 2.75) is 11.9 Å². The number of hydrogen-bond acceptors (Lipinski definition) is 4. The average Bonchev–Trinajstić information content (AvgIpc) is 2.79. The molecule has 0 aromatic carbocycles. The monoisotopic (exact) mass is 243 g/mol. The molecule has 1 aromatic heterocycles. The summed E-state index contributed by atoms with van der Waals surface area (Å²) in [6.07, 6.45) is 1.92. The van der Waals surface area contributed by atoms with Gasteiger partial charge in [0.05, 0.1) is 11.9 Å². The fourth-order valence-electron chi connectivity index (χ4n) is 2.39. The van der Waals surface area contributed by atoms with Crippen molar-refractivity contribution in [2.75, 3.05) is 32.7 Å². The number of alkyl halides is 1. The van der Waals surface area contributed by atoms with Gasteiger partial charge in [0.15, 0.2) is 0 Å². The smallest absolute Gasteiger partial charge is 0.111 e. The zero-order valence-corrected chi connectivity index (χ0v) is 10.1. The minimum Gasteiger partial charge on any atom is -0.299 e. The van der Waals surface area contributed by atoms with Crippen molar-refractivity contribution in [3.8, 4) is 0 Å². The number of halogens is 1. The van der Waals surface area contributed by atoms with Crippen molar-refractivity contribution in [2.24, 2.45) is 0 Å². The summed E-state index contributed by atoms with van der Waals surface area (Å²) in [7, 11) is 0. The van der Waals surface area contributed by atoms with Gasteiger partial charge in [0.2, 0.25) is 0 Å². The molecule has 0 N–H and O–H groups in total. The molecule has 1 unspecified atom stereocenters. The Morgan fingerprint density at radius 2 is 2.20 bits per heavy atom. The summed E-state index contributed by atoms with van der Waals surface area (Å²) in [4.78, 5) is 10.8. The number of piperazine rings is 3. The number of nitrogens with zero attached hydrogens (tertiary/aromatic N) is 3. The summed E-state index contributed by atoms with van der Waals surface area (Å²) < 4.78 is 0. The van der Waals surface area contributed by atoms with Gasteiger partial charge in [-0.1, -0.05) is 0 Å². The minimum atomic E-state index is 0.523. The molecule has 3 saturated heterocycles. The van der Waals surface area contributed by atoms with Crippen LogP contribution in [-0.2, 0) is 5.88 Å². The van der Waals surface area contributed by atoms with Crippen molar-refractivity contribution in [3.05, 3.63) is 16.1 Å². The second-order valence-electron chi connectivity index (χ2n) is 4.15. The number of fused-ring (bicyclic) bond motifs is 3. The first-order valence-corrected chi connectivity index (χ1v) is 6.69. The first-order chi connectivity index (χ1) is 7.36. The van der Waals surface area contributed by atoms with Crippen molar-refractivity contribution in [3.63, 3.8) is 0 Å². The van der Waals surface area contributed by atoms with Crippen LogP contribution in [0.2, 0.25) is 0 Å². The zero-order valence-electron chi connectivity index (χ0n) is 8.53. The van der Waals surface area contributed by atoms with Gasteiger partial charge in [-0.05, 0) is 0 Å². The molecule has 15 heavy (non-hydrogen) atoms. The molecule has 4 rings (SSSR count). The predicted molar refractivity (Wildman–Crippen MR) is 62.4 cm³/mol. The van der Waals surface area contributed by atoms with E-state index in [4.69, 9.17) is 11.6 Å². The Labute approximate surface area is 98.7 Å². The molecule has 2 bridgehead atoms. The molecular formula is C10H14ClN3S. The Bertz CT molecular complexity index is 346. The summed E-state index contributed by atoms with van der Waals surface area (Å²) in [6, 6.07) is 0.523. The van der Waals surface area contributed by atoms with Gasteiger partial charge in [-0.25, -0.2) is 4.98 Å². The summed E-state index contributed by atoms with van der Waals surface area (Å²) in [6.45, 7) is 5.99. The Morgan fingerprint density at radius 3 is 2.73 bits per heavy atom. The first-order valence-electron chi connectivity index (χ1n) is 5.34. The van der Waals surface area contributed by atoms with Gasteiger partial charge in [-0.2, -0.15) is 0 Å². The maximum Gasteiger partial charge on any atom is 0.111 e. The zero-order chi connectivity index (χ0) is 10.3. The van der Waals surface area contributed by atoms with Gasteiger partial charge in [0.25, 0.3) is 0 Å². The van der Waals surface area contributed by atoms with E-state index in [0.29, 0.717) is 11.9 Å². The normalized spacial score (nSPS) is 34.6. The lowest BCUT2D eigenvalue weighted by molar-refractivity contribution is 0.0123. The highest BCUT2D eigenvalue weighted by molar-refractivity contribution is 7.11. The average molecular weight is 244 g/mol. The topological polar surface area (TPSA) is 19.4 Å². The van der Waals surface area contributed by atoms with Gasteiger partial charge in [-0.15, -0.1) is 22.9 Å². The number of thiazole rings is 1. The molecule has 5 heteroatoms. The Hall–Kier alpha value is -0.160. The van der Waals surface area contributed by atoms with Crippen LogP contribution >= 0.6 is 22.9 Å². The highest BCUT2D eigenvalue weighted by Gasteiger charge is 2.34. The third-order valence-corrected chi connectivity index (χ3v) is 4.81. The molecule has 0 saturated carbocycles. The van der Waals surface area contributed by atoms with Crippen molar-refractivity contribution in [1.29, 1.82) is 0 Å². The van der Waals surface area contributed by atoms with E-state index in [1.807, 2.05) is 6.20 Å². The maximum absolute atomic E-state index is 5.80. The van der Waals surface area contributed by atoms with Crippen LogP contribution in [0.25, 0.3) is 0 Å². The first kappa shape index (κ1) is 10.0. The van der Waals surface area contributed by atoms with Crippen LogP contribution < -0.4 is 0 Å². The highest BCUT2D eigenvalue weighted by atomic mass is 35.5. The molecule has 0 radical (unpaired) electrons. The number of hydrogen-bond donors (Lipinski definition) is 0. The van der Waals surface area contributed by atoms with Crippen LogP contribution in [0.15, 0.2) is 6.20 Å². The van der Waals surface area contributed by atoms with Gasteiger partial charge < -0.3 is 0 Å². The molecule has 0 aliphatic carbocycles. The van der Waals surface area contributed by atoms with Crippen LogP contribution in [0.5, 0.6) is 0 Å². The number of aromatic nitrogens is 1. The van der Waals surface area contributed by atoms with E-state index in [1.165, 1.54) is 36.1 Å². The molecule has 0 spiro atoms. The molecule has 1 atom stereocenters. The maximum atomic E-state index is 5.80. The molecule has 1 aromatic rings. The quantitative estimate of drug-likeness (QED) is 0.735. The third kappa shape index (κ3) is 1.80. The summed E-state index contributed by atoms with van der Waals surface area (Å²) in [5.74, 6) is 0.591. The summed E-state index contributed by atoms with van der Waals surface area (Å²) in [5.41, 5.74) is 0. The minimum absolute atomic E-state index is 0.523. The van der Waals surface area contributed by atoms with Crippen LogP contribution in [0, 0.1) is 0 Å². The van der Waals surface area contributed by atoms with Gasteiger partial charge in [0.1, 0.15) is 5.01 Å². The van der Waals surface area contributed by atoms with E-state index in [2.05, 4.69) is 14.8 Å². The van der Waals surface area contributed by atoms with E-state index in [0.717, 1.165) is 6.54 Å². The SMILES string of the molecule is ClCc1cnc(C2CN3CCN2CC3)s1. The Balaban J connectivity index is 1.81. The largest absolute Gasteiger partial charge is 0.299 e. The fraction of sp³-hybridized carbons (Fsp3) is 0.700. The lowest BCUT2D eigenvalue weighted by Gasteiger charge is -2.46. The van der Waals surface area contributed by atoms with E-state index < -0.39 is 0 Å². The molecule has 3 nitrogen and oxygen atoms in total. The van der Waals surface area contributed by atoms with Crippen LogP contribution in [0.3, 0.4) is 0 Å². The number of rotatable bonds is 2. The van der Waals surface area contributed by atoms with Crippen molar-refractivity contribution < 1.29 is 0 Å². The van der Waals surface area contributed by atoms with Gasteiger partial charge >= 0.3 is 0 Å². The van der Waals surface area contributed by atoms with Gasteiger partial charge in [0, 0.05) is 43.8 Å². The molecular weight excluding hydrogens is 230 g/mol. The van der Waals surface area contributed by atoms with E-state index in [-0.39, 0.29) is 0 Å². The summed E-state index contributed by atoms with van der Waals surface area (Å²) in [5, 5.41) is 1.25. The van der Waals surface area contributed by atoms with E-state index >= 15 is 0 Å². The van der Waals surface area contributed by atoms with Crippen LogP contribution in [-0.4, -0.2) is 47.5 Å². The lowest BCUT2D eigenvalue weighted by Crippen LogP contribution is -2.56. The molecule has 3 fully saturated rings. The van der Waals surface area contributed by atoms with E-state index in [1.54, 1.807) is 11.3 Å². The molecule has 82 valence electrons. The standard InChI is InChI=1S/C10H14ClN3S/c11-5-8-6-12-10(15-8)9-7-13-1-3-14(9)4-2-13/h6,9H,1-5,7H2. The third-order valence-electron chi connectivity index (χ3n) is 3.27. The van der Waals surface area contributed by atoms with Crippen molar-refractivity contribution >= 4 is 22.9 Å². The lowest BCUT2D eigenvalue weighted by atomic mass is 10.1. The summed E-state index contributed by atoms with van der Waals surface area (Å²) >= 11 is 7.57. The fourth-order valence-corrected chi connectivity index (χ4v) is 3.52.